The Morgan fingerprint density at radius 2 is 0.679 bits per heavy atom. The smallest absolute Gasteiger partial charge is 0.192 e. The molecule has 0 fully saturated rings. The molecule has 0 spiro atoms. The molecule has 0 aliphatic rings. The molecule has 19 heteroatoms. The van der Waals surface area contributed by atoms with Crippen molar-refractivity contribution in [3.05, 3.63) is 0 Å². The van der Waals surface area contributed by atoms with Crippen molar-refractivity contribution in [2.24, 2.45) is 4.99 Å². The summed E-state index contributed by atoms with van der Waals surface area (Å²) < 4.78 is 216. The number of alkyl halides is 17. The van der Waals surface area contributed by atoms with E-state index in [4.69, 9.17) is 0 Å². The Morgan fingerprint density at radius 3 is 0.929 bits per heavy atom. The molecule has 0 heterocycles. The Labute approximate surface area is 146 Å². The minimum absolute atomic E-state index is 0.246. The molecule has 0 aliphatic heterocycles. The minimum Gasteiger partial charge on any atom is -0.192 e. The van der Waals surface area contributed by atoms with Gasteiger partial charge >= 0.3 is 47.8 Å². The van der Waals surface area contributed by atoms with Crippen molar-refractivity contribution in [3.63, 3.8) is 0 Å². The van der Waals surface area contributed by atoms with E-state index in [1.54, 1.807) is 0 Å². The number of hydrogen-bond donors (Lipinski definition) is 0. The Morgan fingerprint density at radius 1 is 0.429 bits per heavy atom. The lowest BCUT2D eigenvalue weighted by molar-refractivity contribution is -0.461. The Kier molecular flexibility index (Phi) is 6.24. The van der Waals surface area contributed by atoms with E-state index in [9.17, 15) is 74.6 Å². The SMILES string of the molecule is FC(F)(F)C(F)(F)C(F)(F)C(F)(F)C(F)(F)C(F)(F)C(F)(F)C(F)(F)N=C=S. The number of isothiocyanates is 1. The largest absolute Gasteiger partial charge is 0.460 e. The molecule has 166 valence electrons. The number of rotatable bonds is 7. The molecule has 0 aromatic carbocycles. The van der Waals surface area contributed by atoms with E-state index >= 15 is 0 Å². The second-order valence-electron chi connectivity index (χ2n) is 4.69. The van der Waals surface area contributed by atoms with Crippen LogP contribution in [0, 0.1) is 0 Å². The molecule has 0 bridgehead atoms. The molecule has 0 saturated carbocycles. The van der Waals surface area contributed by atoms with Gasteiger partial charge < -0.3 is 0 Å². The van der Waals surface area contributed by atoms with E-state index in [0.29, 0.717) is 0 Å². The zero-order valence-corrected chi connectivity index (χ0v) is 12.6. The van der Waals surface area contributed by atoms with Crippen LogP contribution in [0.5, 0.6) is 0 Å². The average Bonchev–Trinajstić information content (AvgIpc) is 2.44. The van der Waals surface area contributed by atoms with Crippen molar-refractivity contribution in [2.75, 3.05) is 0 Å². The minimum atomic E-state index is -8.65. The summed E-state index contributed by atoms with van der Waals surface area (Å²) in [6.45, 7) is 0. The van der Waals surface area contributed by atoms with E-state index in [1.807, 2.05) is 0 Å². The van der Waals surface area contributed by atoms with Crippen LogP contribution >= 0.6 is 12.2 Å². The third-order valence-corrected chi connectivity index (χ3v) is 2.98. The Bertz CT molecular complexity index is 640. The van der Waals surface area contributed by atoms with Gasteiger partial charge in [0.2, 0.25) is 0 Å². The first-order valence-corrected chi connectivity index (χ1v) is 6.02. The summed E-state index contributed by atoms with van der Waals surface area (Å²) >= 11 is 3.25. The summed E-state index contributed by atoms with van der Waals surface area (Å²) in [6, 6.07) is -6.85. The molecule has 0 aromatic rings. The first-order valence-electron chi connectivity index (χ1n) is 5.61. The van der Waals surface area contributed by atoms with Crippen molar-refractivity contribution in [2.45, 2.75) is 47.8 Å². The molecule has 1 nitrogen and oxygen atoms in total. The second-order valence-corrected chi connectivity index (χ2v) is 4.87. The molecule has 0 saturated heterocycles. The third kappa shape index (κ3) is 3.19. The van der Waals surface area contributed by atoms with Gasteiger partial charge in [0.25, 0.3) is 0 Å². The fourth-order valence-electron chi connectivity index (χ4n) is 1.28. The van der Waals surface area contributed by atoms with Crippen LogP contribution < -0.4 is 0 Å². The van der Waals surface area contributed by atoms with Gasteiger partial charge in [0.05, 0.1) is 5.16 Å². The molecule has 0 amide bonds. The topological polar surface area (TPSA) is 12.4 Å². The van der Waals surface area contributed by atoms with Crippen molar-refractivity contribution in [1.82, 2.24) is 0 Å². The summed E-state index contributed by atoms with van der Waals surface area (Å²) in [5, 5.41) is 0.246. The summed E-state index contributed by atoms with van der Waals surface area (Å²) in [4.78, 5) is 0.948. The Balaban J connectivity index is 6.76. The highest BCUT2D eigenvalue weighted by Gasteiger charge is 2.95. The summed E-state index contributed by atoms with van der Waals surface area (Å²) in [6.07, 6.45) is -7.78. The summed E-state index contributed by atoms with van der Waals surface area (Å²) in [5.41, 5.74) is 0. The predicted octanol–water partition coefficient (Wildman–Crippen LogP) is 6.06. The standard InChI is InChI=1S/C9F17NS/c10-2(11,4(14,15)6(18,19)8(22,23)24)3(12,13)5(16,17)7(20,21)9(25,26)27-1-28. The normalized spacial score (nSPS) is 16.0. The van der Waals surface area contributed by atoms with E-state index in [0.717, 1.165) is 4.99 Å². The highest BCUT2D eigenvalue weighted by Crippen LogP contribution is 2.63. The van der Waals surface area contributed by atoms with Crippen molar-refractivity contribution in [1.29, 1.82) is 0 Å². The van der Waals surface area contributed by atoms with E-state index in [2.05, 4.69) is 12.2 Å². The maximum absolute atomic E-state index is 13.1. The van der Waals surface area contributed by atoms with Gasteiger partial charge in [-0.05, 0) is 12.2 Å². The lowest BCUT2D eigenvalue weighted by Crippen LogP contribution is -2.74. The van der Waals surface area contributed by atoms with Gasteiger partial charge in [-0.25, -0.2) is 0 Å². The van der Waals surface area contributed by atoms with E-state index in [-0.39, 0.29) is 5.16 Å². The first-order chi connectivity index (χ1) is 11.8. The second kappa shape index (κ2) is 6.56. The van der Waals surface area contributed by atoms with Crippen molar-refractivity contribution < 1.29 is 74.6 Å². The Hall–Kier alpha value is -1.39. The first kappa shape index (κ1) is 26.6. The molecular formula is C9F17NS. The zero-order valence-electron chi connectivity index (χ0n) is 11.8. The van der Waals surface area contributed by atoms with E-state index < -0.39 is 47.8 Å². The molecule has 0 unspecified atom stereocenters. The number of nitrogens with zero attached hydrogens (tertiary/aromatic N) is 1. The van der Waals surface area contributed by atoms with Gasteiger partial charge in [-0.2, -0.15) is 79.6 Å². The molecule has 28 heavy (non-hydrogen) atoms. The molecule has 0 N–H and O–H groups in total. The molecule has 0 aromatic heterocycles. The number of hydrogen-bond acceptors (Lipinski definition) is 2. The summed E-state index contributed by atoms with van der Waals surface area (Å²) in [5.74, 6) is -50.2. The van der Waals surface area contributed by atoms with Gasteiger partial charge in [0.1, 0.15) is 0 Å². The molecule has 0 rings (SSSR count). The number of thiocarbonyl (C=S) groups is 1. The predicted molar refractivity (Wildman–Crippen MR) is 55.7 cm³/mol. The van der Waals surface area contributed by atoms with Crippen LogP contribution in [0.1, 0.15) is 0 Å². The van der Waals surface area contributed by atoms with Crippen LogP contribution in [0.25, 0.3) is 0 Å². The van der Waals surface area contributed by atoms with Crippen LogP contribution in [0.4, 0.5) is 74.6 Å². The highest BCUT2D eigenvalue weighted by atomic mass is 32.1. The quantitative estimate of drug-likeness (QED) is 0.188. The fraction of sp³-hybridized carbons (Fsp3) is 0.889. The zero-order chi connectivity index (χ0) is 23.4. The lowest BCUT2D eigenvalue weighted by atomic mass is 9.90. The van der Waals surface area contributed by atoms with Crippen molar-refractivity contribution in [3.8, 4) is 0 Å². The molecule has 0 radical (unpaired) electrons. The van der Waals surface area contributed by atoms with Crippen molar-refractivity contribution >= 4 is 17.4 Å². The van der Waals surface area contributed by atoms with Gasteiger partial charge in [-0.3, -0.25) is 0 Å². The van der Waals surface area contributed by atoms with Crippen LogP contribution in [0.15, 0.2) is 4.99 Å². The van der Waals surface area contributed by atoms with Crippen LogP contribution in [-0.4, -0.2) is 52.9 Å². The monoisotopic (exact) mass is 477 g/mol. The van der Waals surface area contributed by atoms with E-state index in [1.165, 1.54) is 0 Å². The molecule has 0 aliphatic carbocycles. The van der Waals surface area contributed by atoms with Gasteiger partial charge in [-0.15, -0.1) is 0 Å². The molecule has 0 atom stereocenters. The fourth-order valence-corrected chi connectivity index (χ4v) is 1.40. The highest BCUT2D eigenvalue weighted by molar-refractivity contribution is 7.78. The summed E-state index contributed by atoms with van der Waals surface area (Å²) in [7, 11) is 0. The number of aliphatic imine (C=N–C) groups is 1. The van der Waals surface area contributed by atoms with Gasteiger partial charge in [0, 0.05) is 0 Å². The molecular weight excluding hydrogens is 477 g/mol. The average molecular weight is 477 g/mol. The maximum Gasteiger partial charge on any atom is 0.460 e. The van der Waals surface area contributed by atoms with Gasteiger partial charge in [-0.1, -0.05) is 0 Å². The van der Waals surface area contributed by atoms with Gasteiger partial charge in [0.15, 0.2) is 0 Å². The van der Waals surface area contributed by atoms with Crippen LogP contribution in [0.2, 0.25) is 0 Å². The van der Waals surface area contributed by atoms with Crippen LogP contribution in [-0.2, 0) is 0 Å². The maximum atomic E-state index is 13.1. The van der Waals surface area contributed by atoms with Crippen LogP contribution in [0.3, 0.4) is 0 Å². The lowest BCUT2D eigenvalue weighted by Gasteiger charge is -2.42. The third-order valence-electron chi connectivity index (χ3n) is 2.89. The number of halogens is 17.